The first-order valence-electron chi connectivity index (χ1n) is 5.55. The van der Waals surface area contributed by atoms with Crippen LogP contribution in [0.5, 0.6) is 5.75 Å². The van der Waals surface area contributed by atoms with Crippen molar-refractivity contribution in [2.75, 3.05) is 5.73 Å². The number of nitrogens with two attached hydrogens (primary N) is 1. The quantitative estimate of drug-likeness (QED) is 0.816. The van der Waals surface area contributed by atoms with Gasteiger partial charge in [-0.05, 0) is 35.4 Å². The molecule has 18 heavy (non-hydrogen) atoms. The van der Waals surface area contributed by atoms with E-state index in [4.69, 9.17) is 15.6 Å². The van der Waals surface area contributed by atoms with Gasteiger partial charge in [0.2, 0.25) is 0 Å². The second-order valence-corrected chi connectivity index (χ2v) is 3.95. The summed E-state index contributed by atoms with van der Waals surface area (Å²) in [6.07, 6.45) is 0. The summed E-state index contributed by atoms with van der Waals surface area (Å²) in [5.74, 6) is 0.233. The van der Waals surface area contributed by atoms with Crippen LogP contribution in [0.2, 0.25) is 0 Å². The first kappa shape index (κ1) is 12.4. The van der Waals surface area contributed by atoms with E-state index in [1.165, 1.54) is 12.1 Å². The molecule has 0 aliphatic carbocycles. The third kappa shape index (κ3) is 2.99. The molecule has 0 saturated carbocycles. The molecule has 0 atom stereocenters. The van der Waals surface area contributed by atoms with Crippen LogP contribution in [-0.4, -0.2) is 5.11 Å². The van der Waals surface area contributed by atoms with Gasteiger partial charge in [0.1, 0.15) is 18.2 Å². The maximum atomic E-state index is 13.0. The van der Waals surface area contributed by atoms with Gasteiger partial charge in [0.15, 0.2) is 0 Å². The zero-order valence-corrected chi connectivity index (χ0v) is 9.77. The van der Waals surface area contributed by atoms with E-state index in [1.54, 1.807) is 30.3 Å². The van der Waals surface area contributed by atoms with E-state index in [0.29, 0.717) is 11.4 Å². The van der Waals surface area contributed by atoms with Gasteiger partial charge in [-0.25, -0.2) is 4.39 Å². The number of aliphatic hydroxyl groups excluding tert-OH is 1. The Hall–Kier alpha value is -2.07. The Morgan fingerprint density at radius 1 is 1.11 bits per heavy atom. The van der Waals surface area contributed by atoms with Crippen LogP contribution in [-0.2, 0) is 13.2 Å². The molecule has 0 saturated heterocycles. The molecule has 0 radical (unpaired) electrons. The molecule has 94 valence electrons. The van der Waals surface area contributed by atoms with Crippen molar-refractivity contribution >= 4 is 5.69 Å². The zero-order valence-electron chi connectivity index (χ0n) is 9.77. The van der Waals surface area contributed by atoms with Gasteiger partial charge in [-0.3, -0.25) is 0 Å². The second kappa shape index (κ2) is 5.51. The summed E-state index contributed by atoms with van der Waals surface area (Å²) >= 11 is 0. The Balaban J connectivity index is 2.06. The number of rotatable bonds is 4. The van der Waals surface area contributed by atoms with Crippen LogP contribution >= 0.6 is 0 Å². The predicted molar refractivity (Wildman–Crippen MR) is 67.5 cm³/mol. The Morgan fingerprint density at radius 2 is 1.94 bits per heavy atom. The summed E-state index contributed by atoms with van der Waals surface area (Å²) < 4.78 is 18.5. The summed E-state index contributed by atoms with van der Waals surface area (Å²) in [6, 6.07) is 11.3. The Morgan fingerprint density at radius 3 is 2.61 bits per heavy atom. The van der Waals surface area contributed by atoms with Crippen molar-refractivity contribution in [2.24, 2.45) is 0 Å². The molecule has 0 aliphatic heterocycles. The Kier molecular flexibility index (Phi) is 3.79. The van der Waals surface area contributed by atoms with Gasteiger partial charge in [-0.1, -0.05) is 18.2 Å². The first-order chi connectivity index (χ1) is 8.69. The molecule has 0 aromatic heterocycles. The smallest absolute Gasteiger partial charge is 0.142 e. The number of hydrogen-bond acceptors (Lipinski definition) is 3. The summed E-state index contributed by atoms with van der Waals surface area (Å²) in [4.78, 5) is 0. The number of nitrogen functional groups attached to an aromatic ring is 1. The molecule has 3 nitrogen and oxygen atoms in total. The van der Waals surface area contributed by atoms with Gasteiger partial charge in [-0.15, -0.1) is 0 Å². The normalized spacial score (nSPS) is 10.3. The molecular weight excluding hydrogens is 233 g/mol. The minimum atomic E-state index is -0.292. The van der Waals surface area contributed by atoms with E-state index in [1.807, 2.05) is 0 Å². The van der Waals surface area contributed by atoms with Gasteiger partial charge in [0, 0.05) is 0 Å². The van der Waals surface area contributed by atoms with Crippen molar-refractivity contribution in [1.82, 2.24) is 0 Å². The summed E-state index contributed by atoms with van der Waals surface area (Å²) in [7, 11) is 0. The predicted octanol–water partition coefficient (Wildman–Crippen LogP) is 2.48. The van der Waals surface area contributed by atoms with E-state index in [0.717, 1.165) is 11.1 Å². The monoisotopic (exact) mass is 247 g/mol. The van der Waals surface area contributed by atoms with Crippen molar-refractivity contribution in [2.45, 2.75) is 13.2 Å². The zero-order chi connectivity index (χ0) is 13.0. The van der Waals surface area contributed by atoms with E-state index >= 15 is 0 Å². The lowest BCUT2D eigenvalue weighted by Gasteiger charge is -2.10. The number of benzene rings is 2. The Bertz CT molecular complexity index is 543. The summed E-state index contributed by atoms with van der Waals surface area (Å²) in [6.45, 7) is 0.189. The highest BCUT2D eigenvalue weighted by molar-refractivity contribution is 5.54. The van der Waals surface area contributed by atoms with E-state index < -0.39 is 0 Å². The topological polar surface area (TPSA) is 55.5 Å². The molecule has 0 heterocycles. The molecule has 0 amide bonds. The molecule has 0 bridgehead atoms. The van der Waals surface area contributed by atoms with Crippen LogP contribution in [0.25, 0.3) is 0 Å². The fourth-order valence-corrected chi connectivity index (χ4v) is 1.62. The molecule has 2 aromatic carbocycles. The van der Waals surface area contributed by atoms with Crippen LogP contribution in [0.15, 0.2) is 42.5 Å². The lowest BCUT2D eigenvalue weighted by atomic mass is 10.2. The van der Waals surface area contributed by atoms with Crippen molar-refractivity contribution in [1.29, 1.82) is 0 Å². The number of anilines is 1. The molecule has 0 spiro atoms. The van der Waals surface area contributed by atoms with E-state index in [9.17, 15) is 4.39 Å². The third-order valence-corrected chi connectivity index (χ3v) is 2.54. The fraction of sp³-hybridized carbons (Fsp3) is 0.143. The minimum absolute atomic E-state index is 0.0611. The SMILES string of the molecule is Nc1cc(CO)ccc1OCc1cccc(F)c1. The third-order valence-electron chi connectivity index (χ3n) is 2.54. The Labute approximate surface area is 105 Å². The molecule has 3 N–H and O–H groups in total. The lowest BCUT2D eigenvalue weighted by Crippen LogP contribution is -2.00. The van der Waals surface area contributed by atoms with Crippen LogP contribution in [0.3, 0.4) is 0 Å². The average molecular weight is 247 g/mol. The van der Waals surface area contributed by atoms with E-state index in [2.05, 4.69) is 0 Å². The molecule has 0 fully saturated rings. The molecule has 2 aromatic rings. The number of ether oxygens (including phenoxy) is 1. The van der Waals surface area contributed by atoms with Gasteiger partial charge in [0.25, 0.3) is 0 Å². The molecule has 2 rings (SSSR count). The maximum absolute atomic E-state index is 13.0. The number of hydrogen-bond donors (Lipinski definition) is 2. The van der Waals surface area contributed by atoms with Crippen LogP contribution < -0.4 is 10.5 Å². The van der Waals surface area contributed by atoms with Crippen molar-refractivity contribution in [3.8, 4) is 5.75 Å². The molecule has 0 aliphatic rings. The highest BCUT2D eigenvalue weighted by Crippen LogP contribution is 2.23. The first-order valence-corrected chi connectivity index (χ1v) is 5.55. The highest BCUT2D eigenvalue weighted by atomic mass is 19.1. The van der Waals surface area contributed by atoms with Crippen molar-refractivity contribution in [3.05, 3.63) is 59.4 Å². The standard InChI is InChI=1S/C14H14FNO2/c15-12-3-1-2-11(6-12)9-18-14-5-4-10(8-17)7-13(14)16/h1-7,17H,8-9,16H2. The minimum Gasteiger partial charge on any atom is -0.487 e. The number of aliphatic hydroxyl groups is 1. The van der Waals surface area contributed by atoms with Crippen LogP contribution in [0.1, 0.15) is 11.1 Å². The average Bonchev–Trinajstić information content (AvgIpc) is 2.37. The van der Waals surface area contributed by atoms with Gasteiger partial charge in [0.05, 0.1) is 12.3 Å². The summed E-state index contributed by atoms with van der Waals surface area (Å²) in [5, 5.41) is 8.95. The van der Waals surface area contributed by atoms with Crippen molar-refractivity contribution < 1.29 is 14.2 Å². The van der Waals surface area contributed by atoms with E-state index in [-0.39, 0.29) is 19.0 Å². The van der Waals surface area contributed by atoms with Crippen molar-refractivity contribution in [3.63, 3.8) is 0 Å². The maximum Gasteiger partial charge on any atom is 0.142 e. The molecule has 0 unspecified atom stereocenters. The van der Waals surface area contributed by atoms with Gasteiger partial charge < -0.3 is 15.6 Å². The largest absolute Gasteiger partial charge is 0.487 e. The summed E-state index contributed by atoms with van der Waals surface area (Å²) in [5.41, 5.74) is 7.70. The fourth-order valence-electron chi connectivity index (χ4n) is 1.62. The van der Waals surface area contributed by atoms with Crippen LogP contribution in [0, 0.1) is 5.82 Å². The van der Waals surface area contributed by atoms with Gasteiger partial charge >= 0.3 is 0 Å². The van der Waals surface area contributed by atoms with Crippen LogP contribution in [0.4, 0.5) is 10.1 Å². The number of halogens is 1. The second-order valence-electron chi connectivity index (χ2n) is 3.95. The molecule has 4 heteroatoms. The van der Waals surface area contributed by atoms with Gasteiger partial charge in [-0.2, -0.15) is 0 Å². The lowest BCUT2D eigenvalue weighted by molar-refractivity contribution is 0.281. The molecular formula is C14H14FNO2. The highest BCUT2D eigenvalue weighted by Gasteiger charge is 2.03.